The maximum absolute atomic E-state index is 4.12. The number of aryl methyl sites for hydroxylation is 1. The van der Waals surface area contributed by atoms with Gasteiger partial charge in [-0.05, 0) is 116 Å². The van der Waals surface area contributed by atoms with Gasteiger partial charge in [0.15, 0.2) is 0 Å². The fourth-order valence-corrected chi connectivity index (χ4v) is 9.62. The van der Waals surface area contributed by atoms with Gasteiger partial charge in [0.2, 0.25) is 0 Å². The summed E-state index contributed by atoms with van der Waals surface area (Å²) in [6.07, 6.45) is 30.1. The molecule has 2 aliphatic carbocycles. The lowest BCUT2D eigenvalue weighted by molar-refractivity contribution is 0.705. The van der Waals surface area contributed by atoms with Crippen LogP contribution in [0.2, 0.25) is 0 Å². The van der Waals surface area contributed by atoms with Gasteiger partial charge in [0.25, 0.3) is 0 Å². The van der Waals surface area contributed by atoms with E-state index in [1.807, 2.05) is 24.3 Å². The monoisotopic (exact) mass is 827 g/mol. The lowest BCUT2D eigenvalue weighted by Crippen LogP contribution is -2.33. The molecule has 1 heteroatoms. The first-order valence-electron chi connectivity index (χ1n) is 22.6. The highest BCUT2D eigenvalue weighted by Crippen LogP contribution is 2.61. The van der Waals surface area contributed by atoms with Crippen LogP contribution in [0.3, 0.4) is 0 Å². The van der Waals surface area contributed by atoms with Gasteiger partial charge in [-0.15, -0.1) is 0 Å². The van der Waals surface area contributed by atoms with Crippen molar-refractivity contribution in [3.05, 3.63) is 282 Å². The predicted molar refractivity (Wildman–Crippen MR) is 279 cm³/mol. The van der Waals surface area contributed by atoms with Gasteiger partial charge in [-0.2, -0.15) is 0 Å². The third kappa shape index (κ3) is 8.76. The molecule has 0 aromatic heterocycles. The molecule has 314 valence electrons. The molecule has 1 nitrogen and oxygen atoms in total. The summed E-state index contributed by atoms with van der Waals surface area (Å²) in [5.41, 5.74) is 14.8. The Morgan fingerprint density at radius 1 is 0.594 bits per heavy atom. The Morgan fingerprint density at radius 3 is 1.94 bits per heavy atom. The van der Waals surface area contributed by atoms with Crippen LogP contribution >= 0.6 is 0 Å². The molecule has 0 amide bonds. The van der Waals surface area contributed by atoms with Crippen molar-refractivity contribution in [3.63, 3.8) is 0 Å². The highest BCUT2D eigenvalue weighted by atomic mass is 14.8. The van der Waals surface area contributed by atoms with Gasteiger partial charge in [-0.3, -0.25) is 0 Å². The first kappa shape index (κ1) is 43.2. The van der Waals surface area contributed by atoms with E-state index in [9.17, 15) is 0 Å². The zero-order valence-corrected chi connectivity index (χ0v) is 37.2. The van der Waals surface area contributed by atoms with Crippen molar-refractivity contribution < 1.29 is 0 Å². The van der Waals surface area contributed by atoms with Crippen LogP contribution in [-0.4, -0.2) is 0 Å². The van der Waals surface area contributed by atoms with Crippen molar-refractivity contribution >= 4 is 38.9 Å². The largest absolute Gasteiger partial charge is 0.362 e. The first-order valence-corrected chi connectivity index (χ1v) is 22.6. The highest BCUT2D eigenvalue weighted by molar-refractivity contribution is 6.18. The Kier molecular flexibility index (Phi) is 13.9. The van der Waals surface area contributed by atoms with Crippen LogP contribution in [0.25, 0.3) is 44.3 Å². The number of hydrogen-bond acceptors (Lipinski definition) is 1. The number of para-hydroxylation sites is 1. The average molecular weight is 828 g/mol. The van der Waals surface area contributed by atoms with E-state index in [2.05, 4.69) is 239 Å². The van der Waals surface area contributed by atoms with Gasteiger partial charge in [0, 0.05) is 11.9 Å². The second kappa shape index (κ2) is 20.6. The molecule has 64 heavy (non-hydrogen) atoms. The molecular weight excluding hydrogens is 771 g/mol. The molecule has 1 unspecified atom stereocenters. The molecule has 0 heterocycles. The number of anilines is 1. The van der Waals surface area contributed by atoms with Crippen molar-refractivity contribution in [2.75, 3.05) is 5.32 Å². The van der Waals surface area contributed by atoms with E-state index >= 15 is 0 Å². The quantitative estimate of drug-likeness (QED) is 0.0902. The Hall–Kier alpha value is -7.48. The lowest BCUT2D eigenvalue weighted by Gasteiger charge is -2.40. The number of benzene rings is 7. The first-order chi connectivity index (χ1) is 31.6. The zero-order valence-electron chi connectivity index (χ0n) is 37.2. The second-order valence-corrected chi connectivity index (χ2v) is 16.4. The normalized spacial score (nSPS) is 16.0. The van der Waals surface area contributed by atoms with Crippen LogP contribution in [0.5, 0.6) is 0 Å². The highest BCUT2D eigenvalue weighted by Gasteiger charge is 2.50. The summed E-state index contributed by atoms with van der Waals surface area (Å²) < 4.78 is 0. The maximum atomic E-state index is 4.12. The molecule has 1 atom stereocenters. The van der Waals surface area contributed by atoms with Crippen LogP contribution in [0.1, 0.15) is 60.4 Å². The summed E-state index contributed by atoms with van der Waals surface area (Å²) in [5.74, 6) is 0. The zero-order chi connectivity index (χ0) is 44.1. The predicted octanol–water partition coefficient (Wildman–Crippen LogP) is 17.3. The molecule has 0 saturated carbocycles. The summed E-state index contributed by atoms with van der Waals surface area (Å²) >= 11 is 0. The minimum Gasteiger partial charge on any atom is -0.362 e. The fraction of sp³-hybridized carbons (Fsp3) is 0.111. The lowest BCUT2D eigenvalue weighted by atomic mass is 9.61. The minimum atomic E-state index is -0.626. The third-order valence-corrected chi connectivity index (χ3v) is 12.3. The van der Waals surface area contributed by atoms with E-state index in [1.165, 1.54) is 82.8 Å². The molecule has 0 saturated heterocycles. The second-order valence-electron chi connectivity index (χ2n) is 16.4. The average Bonchev–Trinajstić information content (AvgIpc) is 3.64. The molecule has 0 fully saturated rings. The van der Waals surface area contributed by atoms with Crippen molar-refractivity contribution in [1.29, 1.82) is 0 Å². The molecule has 0 aliphatic heterocycles. The third-order valence-electron chi connectivity index (χ3n) is 12.3. The molecule has 1 N–H and O–H groups in total. The maximum Gasteiger partial charge on any atom is 0.0725 e. The van der Waals surface area contributed by atoms with Gasteiger partial charge in [-0.1, -0.05) is 244 Å². The summed E-state index contributed by atoms with van der Waals surface area (Å²) in [7, 11) is 0. The van der Waals surface area contributed by atoms with Crippen LogP contribution in [0, 0.1) is 6.92 Å². The Morgan fingerprint density at radius 2 is 1.22 bits per heavy atom. The summed E-state index contributed by atoms with van der Waals surface area (Å²) in [6.45, 7) is 12.4. The van der Waals surface area contributed by atoms with Crippen molar-refractivity contribution in [2.45, 2.75) is 44.9 Å². The number of nitrogens with one attached hydrogen (secondary N) is 1. The van der Waals surface area contributed by atoms with E-state index < -0.39 is 5.41 Å². The van der Waals surface area contributed by atoms with Crippen LogP contribution in [0.15, 0.2) is 255 Å². The van der Waals surface area contributed by atoms with Crippen LogP contribution in [-0.2, 0) is 5.41 Å². The van der Waals surface area contributed by atoms with E-state index in [1.54, 1.807) is 0 Å². The minimum absolute atomic E-state index is 0.626. The summed E-state index contributed by atoms with van der Waals surface area (Å²) in [6, 6.07) is 56.4. The standard InChI is InChI=1S/C50H45N.C13H12/c1-4-7-9-11-23-38-25-15-21-34-46(38)50(45-33-20-14-24-37(45)22-6-3)47(35-36-51-39-26-12-10-13-27-39)44(28-8-5-2)48-42-31-18-16-29-40(42)41-30-17-19-32-43(41)49(48)50;1-11-7-9-13(10-8-11)12-5-3-2-4-6-12/h4-5,7-13,15-21,23,25-36,51H,1-2,6,14,22,24H2,3H3;2-10H,1H3/b9-7-,23-11-,28-8-,36-35+;. The van der Waals surface area contributed by atoms with Crippen molar-refractivity contribution in [3.8, 4) is 11.1 Å². The molecule has 0 bridgehead atoms. The summed E-state index contributed by atoms with van der Waals surface area (Å²) in [5, 5.41) is 8.70. The molecule has 7 aromatic rings. The van der Waals surface area contributed by atoms with Crippen LogP contribution in [0.4, 0.5) is 5.69 Å². The molecular formula is C63H57N. The van der Waals surface area contributed by atoms with Gasteiger partial charge < -0.3 is 5.32 Å². The van der Waals surface area contributed by atoms with E-state index in [0.29, 0.717) is 0 Å². The number of hydrogen-bond donors (Lipinski definition) is 1. The van der Waals surface area contributed by atoms with Gasteiger partial charge in [0.05, 0.1) is 5.41 Å². The Bertz CT molecular complexity index is 2980. The molecule has 0 spiro atoms. The molecule has 7 aromatic carbocycles. The van der Waals surface area contributed by atoms with E-state index in [0.717, 1.165) is 31.4 Å². The number of fused-ring (bicyclic) bond motifs is 6. The Labute approximate surface area is 380 Å². The van der Waals surface area contributed by atoms with Crippen molar-refractivity contribution in [2.24, 2.45) is 0 Å². The fourth-order valence-electron chi connectivity index (χ4n) is 9.62. The topological polar surface area (TPSA) is 12.0 Å². The van der Waals surface area contributed by atoms with Crippen molar-refractivity contribution in [1.82, 2.24) is 0 Å². The van der Waals surface area contributed by atoms with Gasteiger partial charge in [0.1, 0.15) is 0 Å². The Balaban J connectivity index is 0.000000368. The molecule has 2 aliphatic rings. The molecule has 0 radical (unpaired) electrons. The van der Waals surface area contributed by atoms with E-state index in [4.69, 9.17) is 0 Å². The SMILES string of the molecule is C=C/C=C\C=C/c1ccccc1C1(C2=C(CCC)CCC=C2)C(/C=C/Nc2ccccc2)=C(/C=C\C=C)c2c1c1ccccc1c1ccccc21.Cc1ccc(-c2ccccc2)cc1. The van der Waals surface area contributed by atoms with Gasteiger partial charge in [-0.25, -0.2) is 0 Å². The van der Waals surface area contributed by atoms with Crippen LogP contribution < -0.4 is 5.32 Å². The van der Waals surface area contributed by atoms with E-state index in [-0.39, 0.29) is 0 Å². The molecule has 9 rings (SSSR count). The smallest absolute Gasteiger partial charge is 0.0725 e. The van der Waals surface area contributed by atoms with Gasteiger partial charge >= 0.3 is 0 Å². The summed E-state index contributed by atoms with van der Waals surface area (Å²) in [4.78, 5) is 0. The number of allylic oxidation sites excluding steroid dienone is 14. The number of rotatable bonds is 13.